The third kappa shape index (κ3) is 1.12. The first-order valence-corrected chi connectivity index (χ1v) is 5.37. The fraction of sp³-hybridized carbons (Fsp3) is 0.333. The number of carbonyl (C=O) groups excluding carboxylic acids is 1. The van der Waals surface area contributed by atoms with Crippen molar-refractivity contribution in [3.05, 3.63) is 23.8 Å². The first kappa shape index (κ1) is 9.22. The van der Waals surface area contributed by atoms with Gasteiger partial charge in [-0.25, -0.2) is 0 Å². The minimum atomic E-state index is -0.416. The lowest BCUT2D eigenvalue weighted by Crippen LogP contribution is -2.57. The van der Waals surface area contributed by atoms with Crippen LogP contribution < -0.4 is 10.6 Å². The van der Waals surface area contributed by atoms with Crippen LogP contribution >= 0.6 is 0 Å². The molecule has 1 spiro atoms. The monoisotopic (exact) mass is 213 g/mol. The Morgan fingerprint density at radius 2 is 2.12 bits per heavy atom. The van der Waals surface area contributed by atoms with Gasteiger partial charge in [-0.3, -0.25) is 4.79 Å². The van der Waals surface area contributed by atoms with Gasteiger partial charge >= 0.3 is 0 Å². The van der Waals surface area contributed by atoms with Crippen molar-refractivity contribution in [2.45, 2.75) is 24.8 Å². The fourth-order valence-corrected chi connectivity index (χ4v) is 2.27. The highest BCUT2D eigenvalue weighted by Crippen LogP contribution is 2.41. The molecule has 4 heteroatoms. The summed E-state index contributed by atoms with van der Waals surface area (Å²) in [4.78, 5) is 11.9. The molecular weight excluding hydrogens is 202 g/mol. The summed E-state index contributed by atoms with van der Waals surface area (Å²) < 4.78 is 0. The van der Waals surface area contributed by atoms with E-state index in [0.29, 0.717) is 5.56 Å². The molecule has 0 aromatic heterocycles. The highest BCUT2D eigenvalue weighted by atomic mass is 16.2. The molecule has 16 heavy (non-hydrogen) atoms. The number of nitrogens with one attached hydrogen (secondary N) is 2. The third-order valence-electron chi connectivity index (χ3n) is 3.41. The van der Waals surface area contributed by atoms with Gasteiger partial charge in [0, 0.05) is 0 Å². The van der Waals surface area contributed by atoms with Crippen LogP contribution in [-0.4, -0.2) is 11.4 Å². The van der Waals surface area contributed by atoms with E-state index in [9.17, 15) is 4.79 Å². The van der Waals surface area contributed by atoms with Gasteiger partial charge in [-0.15, -0.1) is 0 Å². The number of amides is 1. The summed E-state index contributed by atoms with van der Waals surface area (Å²) in [6, 6.07) is 7.36. The first-order chi connectivity index (χ1) is 7.73. The predicted octanol–water partition coefficient (Wildman–Crippen LogP) is 1.84. The Hall–Kier alpha value is -2.02. The summed E-state index contributed by atoms with van der Waals surface area (Å²) in [5, 5.41) is 15.0. The molecule has 0 bridgehead atoms. The number of anilines is 2. The van der Waals surface area contributed by atoms with Crippen molar-refractivity contribution >= 4 is 17.3 Å². The van der Waals surface area contributed by atoms with E-state index in [4.69, 9.17) is 5.26 Å². The number of carbonyl (C=O) groups is 1. The average molecular weight is 213 g/mol. The number of hydrogen-bond acceptors (Lipinski definition) is 3. The molecule has 4 nitrogen and oxygen atoms in total. The Labute approximate surface area is 93.3 Å². The predicted molar refractivity (Wildman–Crippen MR) is 60.0 cm³/mol. The summed E-state index contributed by atoms with van der Waals surface area (Å²) in [5.41, 5.74) is 1.82. The molecule has 1 aliphatic heterocycles. The number of benzene rings is 1. The zero-order chi connectivity index (χ0) is 11.2. The highest BCUT2D eigenvalue weighted by molar-refractivity contribution is 6.06. The largest absolute Gasteiger partial charge is 0.369 e. The van der Waals surface area contributed by atoms with E-state index in [2.05, 4.69) is 16.7 Å². The fourth-order valence-electron chi connectivity index (χ4n) is 2.27. The lowest BCUT2D eigenvalue weighted by Gasteiger charge is -2.44. The van der Waals surface area contributed by atoms with Crippen LogP contribution in [0.25, 0.3) is 0 Å². The van der Waals surface area contributed by atoms with Gasteiger partial charge in [0.15, 0.2) is 0 Å². The van der Waals surface area contributed by atoms with Crippen molar-refractivity contribution in [2.24, 2.45) is 0 Å². The van der Waals surface area contributed by atoms with Crippen LogP contribution in [0.1, 0.15) is 24.8 Å². The quantitative estimate of drug-likeness (QED) is 0.691. The van der Waals surface area contributed by atoms with Gasteiger partial charge in [-0.2, -0.15) is 5.26 Å². The third-order valence-corrected chi connectivity index (χ3v) is 3.41. The Morgan fingerprint density at radius 1 is 1.31 bits per heavy atom. The van der Waals surface area contributed by atoms with Gasteiger partial charge in [-0.1, -0.05) is 0 Å². The lowest BCUT2D eigenvalue weighted by molar-refractivity contribution is -0.123. The van der Waals surface area contributed by atoms with E-state index < -0.39 is 5.54 Å². The van der Waals surface area contributed by atoms with Crippen LogP contribution in [0.15, 0.2) is 18.2 Å². The second-order valence-electron chi connectivity index (χ2n) is 4.39. The van der Waals surface area contributed by atoms with E-state index in [1.807, 2.05) is 0 Å². The van der Waals surface area contributed by atoms with Crippen LogP contribution in [0.2, 0.25) is 0 Å². The van der Waals surface area contributed by atoms with Gasteiger partial charge in [0.2, 0.25) is 5.91 Å². The molecule has 1 fully saturated rings. The van der Waals surface area contributed by atoms with Crippen molar-refractivity contribution < 1.29 is 4.79 Å². The number of fused-ring (bicyclic) bond motifs is 1. The summed E-state index contributed by atoms with van der Waals surface area (Å²) in [7, 11) is 0. The topological polar surface area (TPSA) is 64.9 Å². The molecule has 2 N–H and O–H groups in total. The van der Waals surface area contributed by atoms with Gasteiger partial charge in [-0.05, 0) is 37.5 Å². The molecule has 1 heterocycles. The molecule has 3 rings (SSSR count). The van der Waals surface area contributed by atoms with Crippen LogP contribution in [0, 0.1) is 11.3 Å². The minimum Gasteiger partial charge on any atom is -0.369 e. The van der Waals surface area contributed by atoms with Crippen molar-refractivity contribution in [3.8, 4) is 6.07 Å². The van der Waals surface area contributed by atoms with E-state index in [-0.39, 0.29) is 5.91 Å². The lowest BCUT2D eigenvalue weighted by atomic mass is 9.74. The minimum absolute atomic E-state index is 0.0518. The Bertz CT molecular complexity index is 511. The Kier molecular flexibility index (Phi) is 1.72. The maximum Gasteiger partial charge on any atom is 0.250 e. The maximum absolute atomic E-state index is 11.9. The smallest absolute Gasteiger partial charge is 0.250 e. The molecule has 2 aliphatic rings. The zero-order valence-electron chi connectivity index (χ0n) is 8.71. The van der Waals surface area contributed by atoms with E-state index >= 15 is 0 Å². The summed E-state index contributed by atoms with van der Waals surface area (Å²) in [5.74, 6) is 0.0518. The number of nitriles is 1. The van der Waals surface area contributed by atoms with E-state index in [0.717, 1.165) is 30.6 Å². The molecule has 1 aromatic carbocycles. The average Bonchev–Trinajstić information content (AvgIpc) is 2.25. The second kappa shape index (κ2) is 2.99. The molecule has 0 atom stereocenters. The summed E-state index contributed by atoms with van der Waals surface area (Å²) in [6.45, 7) is 0. The van der Waals surface area contributed by atoms with E-state index in [1.165, 1.54) is 0 Å². The van der Waals surface area contributed by atoms with Gasteiger partial charge in [0.1, 0.15) is 5.54 Å². The molecular formula is C12H11N3O. The van der Waals surface area contributed by atoms with Crippen molar-refractivity contribution in [2.75, 3.05) is 10.6 Å². The normalized spacial score (nSPS) is 20.1. The molecule has 1 saturated carbocycles. The standard InChI is InChI=1S/C12H11N3O/c13-7-8-2-3-9-10(6-8)15-12(4-1-5-12)11(16)14-9/h2-3,6,15H,1,4-5H2,(H,14,16). The van der Waals surface area contributed by atoms with Gasteiger partial charge in [0.25, 0.3) is 0 Å². The van der Waals surface area contributed by atoms with Crippen molar-refractivity contribution in [1.82, 2.24) is 0 Å². The number of hydrogen-bond donors (Lipinski definition) is 2. The maximum atomic E-state index is 11.9. The van der Waals surface area contributed by atoms with E-state index in [1.54, 1.807) is 18.2 Å². The molecule has 1 aliphatic carbocycles. The molecule has 0 saturated heterocycles. The zero-order valence-corrected chi connectivity index (χ0v) is 8.71. The number of nitrogens with zero attached hydrogens (tertiary/aromatic N) is 1. The Balaban J connectivity index is 2.03. The first-order valence-electron chi connectivity index (χ1n) is 5.37. The highest BCUT2D eigenvalue weighted by Gasteiger charge is 2.46. The van der Waals surface area contributed by atoms with Crippen molar-refractivity contribution in [3.63, 3.8) is 0 Å². The number of rotatable bonds is 0. The SMILES string of the molecule is N#Cc1ccc2c(c1)NC1(CCC1)C(=O)N2. The van der Waals surface area contributed by atoms with Crippen LogP contribution in [-0.2, 0) is 4.79 Å². The molecule has 1 aromatic rings. The van der Waals surface area contributed by atoms with Crippen LogP contribution in [0.5, 0.6) is 0 Å². The van der Waals surface area contributed by atoms with Crippen LogP contribution in [0.4, 0.5) is 11.4 Å². The van der Waals surface area contributed by atoms with Crippen LogP contribution in [0.3, 0.4) is 0 Å². The second-order valence-corrected chi connectivity index (χ2v) is 4.39. The Morgan fingerprint density at radius 3 is 2.75 bits per heavy atom. The molecule has 80 valence electrons. The van der Waals surface area contributed by atoms with Gasteiger partial charge in [0.05, 0.1) is 23.0 Å². The molecule has 1 amide bonds. The van der Waals surface area contributed by atoms with Crippen molar-refractivity contribution in [1.29, 1.82) is 5.26 Å². The molecule has 0 radical (unpaired) electrons. The molecule has 0 unspecified atom stereocenters. The summed E-state index contributed by atoms with van der Waals surface area (Å²) >= 11 is 0. The summed E-state index contributed by atoms with van der Waals surface area (Å²) in [6.07, 6.45) is 2.82. The van der Waals surface area contributed by atoms with Gasteiger partial charge < -0.3 is 10.6 Å².